The average molecular weight is 263 g/mol. The van der Waals surface area contributed by atoms with Crippen molar-refractivity contribution in [2.45, 2.75) is 13.3 Å². The van der Waals surface area contributed by atoms with Gasteiger partial charge in [-0.15, -0.1) is 0 Å². The Hall–Kier alpha value is -2.01. The molecule has 0 bridgehead atoms. The molecule has 0 spiro atoms. The third-order valence-electron chi connectivity index (χ3n) is 2.88. The number of oxazole rings is 1. The number of aryl methyl sites for hydroxylation is 1. The van der Waals surface area contributed by atoms with Crippen LogP contribution in [-0.2, 0) is 6.42 Å². The molecule has 0 atom stereocenters. The van der Waals surface area contributed by atoms with Gasteiger partial charge < -0.3 is 19.0 Å². The Balaban J connectivity index is 2.54. The number of ether oxygens (including phenoxy) is 2. The van der Waals surface area contributed by atoms with Crippen molar-refractivity contribution in [3.63, 3.8) is 0 Å². The molecule has 0 saturated carbocycles. The second-order valence-corrected chi connectivity index (χ2v) is 4.03. The fourth-order valence-electron chi connectivity index (χ4n) is 1.93. The zero-order chi connectivity index (χ0) is 13.8. The Labute approximate surface area is 111 Å². The summed E-state index contributed by atoms with van der Waals surface area (Å²) < 4.78 is 16.3. The predicted octanol–water partition coefficient (Wildman–Crippen LogP) is 2.20. The van der Waals surface area contributed by atoms with Crippen molar-refractivity contribution in [1.82, 2.24) is 4.98 Å². The topological polar surface area (TPSA) is 64.7 Å². The fraction of sp³-hybridized carbons (Fsp3) is 0.357. The van der Waals surface area contributed by atoms with Crippen molar-refractivity contribution in [2.24, 2.45) is 0 Å². The van der Waals surface area contributed by atoms with E-state index in [1.807, 2.05) is 25.1 Å². The molecule has 1 aromatic heterocycles. The lowest BCUT2D eigenvalue weighted by atomic mass is 10.1. The standard InChI is InChI=1S/C14H17NO4/c1-9-10(7-8-16)15-14(19-9)13-11(17-2)5-4-6-12(13)18-3/h4-6,16H,7-8H2,1-3H3. The molecule has 0 unspecified atom stereocenters. The van der Waals surface area contributed by atoms with Crippen LogP contribution in [0.4, 0.5) is 0 Å². The Morgan fingerprint density at radius 1 is 1.21 bits per heavy atom. The molecule has 1 aromatic carbocycles. The van der Waals surface area contributed by atoms with Gasteiger partial charge in [0.15, 0.2) is 0 Å². The van der Waals surface area contributed by atoms with Crippen LogP contribution < -0.4 is 9.47 Å². The first-order chi connectivity index (χ1) is 9.21. The quantitative estimate of drug-likeness (QED) is 0.895. The van der Waals surface area contributed by atoms with Crippen LogP contribution in [0.15, 0.2) is 22.6 Å². The molecule has 5 heteroatoms. The highest BCUT2D eigenvalue weighted by atomic mass is 16.5. The summed E-state index contributed by atoms with van der Waals surface area (Å²) in [6, 6.07) is 5.48. The zero-order valence-electron chi connectivity index (χ0n) is 11.3. The molecule has 0 aliphatic heterocycles. The van der Waals surface area contributed by atoms with Crippen LogP contribution in [0.1, 0.15) is 11.5 Å². The minimum Gasteiger partial charge on any atom is -0.496 e. The normalized spacial score (nSPS) is 10.5. The number of methoxy groups -OCH3 is 2. The molecule has 0 fully saturated rings. The molecule has 2 aromatic rings. The van der Waals surface area contributed by atoms with Gasteiger partial charge >= 0.3 is 0 Å². The van der Waals surface area contributed by atoms with E-state index in [0.717, 1.165) is 5.69 Å². The maximum absolute atomic E-state index is 8.99. The summed E-state index contributed by atoms with van der Waals surface area (Å²) >= 11 is 0. The number of nitrogens with zero attached hydrogens (tertiary/aromatic N) is 1. The first-order valence-electron chi connectivity index (χ1n) is 5.99. The third kappa shape index (κ3) is 2.56. The number of rotatable bonds is 5. The number of hydrogen-bond donors (Lipinski definition) is 1. The van der Waals surface area contributed by atoms with Crippen molar-refractivity contribution < 1.29 is 19.0 Å². The van der Waals surface area contributed by atoms with Gasteiger partial charge in [-0.05, 0) is 19.1 Å². The lowest BCUT2D eigenvalue weighted by Gasteiger charge is -2.09. The van der Waals surface area contributed by atoms with Crippen molar-refractivity contribution >= 4 is 0 Å². The van der Waals surface area contributed by atoms with Gasteiger partial charge in [0.25, 0.3) is 0 Å². The molecule has 0 amide bonds. The number of aliphatic hydroxyl groups is 1. The van der Waals surface area contributed by atoms with Crippen molar-refractivity contribution in [3.05, 3.63) is 29.7 Å². The fourth-order valence-corrected chi connectivity index (χ4v) is 1.93. The van der Waals surface area contributed by atoms with Crippen molar-refractivity contribution in [1.29, 1.82) is 0 Å². The van der Waals surface area contributed by atoms with Gasteiger partial charge in [-0.2, -0.15) is 0 Å². The van der Waals surface area contributed by atoms with Crippen LogP contribution in [0, 0.1) is 6.92 Å². The molecule has 0 saturated heterocycles. The van der Waals surface area contributed by atoms with Gasteiger partial charge in [-0.1, -0.05) is 6.07 Å². The molecule has 0 aliphatic carbocycles. The highest BCUT2D eigenvalue weighted by molar-refractivity contribution is 5.71. The van der Waals surface area contributed by atoms with Crippen LogP contribution in [0.2, 0.25) is 0 Å². The molecule has 102 valence electrons. The van der Waals surface area contributed by atoms with E-state index in [2.05, 4.69) is 4.98 Å². The molecule has 2 rings (SSSR count). The third-order valence-corrected chi connectivity index (χ3v) is 2.88. The van der Waals surface area contributed by atoms with E-state index in [1.54, 1.807) is 14.2 Å². The second-order valence-electron chi connectivity index (χ2n) is 4.03. The van der Waals surface area contributed by atoms with Crippen LogP contribution in [-0.4, -0.2) is 30.9 Å². The molecule has 5 nitrogen and oxygen atoms in total. The molecule has 0 aliphatic rings. The second kappa shape index (κ2) is 5.75. The molecule has 1 N–H and O–H groups in total. The number of aromatic nitrogens is 1. The summed E-state index contributed by atoms with van der Waals surface area (Å²) in [7, 11) is 3.17. The number of benzene rings is 1. The van der Waals surface area contributed by atoms with Crippen LogP contribution >= 0.6 is 0 Å². The van der Waals surface area contributed by atoms with E-state index in [0.29, 0.717) is 35.1 Å². The lowest BCUT2D eigenvalue weighted by Crippen LogP contribution is -1.95. The van der Waals surface area contributed by atoms with E-state index in [-0.39, 0.29) is 6.61 Å². The van der Waals surface area contributed by atoms with Gasteiger partial charge in [0.1, 0.15) is 22.8 Å². The Bertz CT molecular complexity index is 540. The summed E-state index contributed by atoms with van der Waals surface area (Å²) in [6.45, 7) is 1.86. The van der Waals surface area contributed by atoms with Gasteiger partial charge in [-0.25, -0.2) is 4.98 Å². The van der Waals surface area contributed by atoms with Crippen LogP contribution in [0.5, 0.6) is 11.5 Å². The van der Waals surface area contributed by atoms with E-state index in [1.165, 1.54) is 0 Å². The average Bonchev–Trinajstić information content (AvgIpc) is 2.79. The molecule has 19 heavy (non-hydrogen) atoms. The van der Waals surface area contributed by atoms with Crippen molar-refractivity contribution in [2.75, 3.05) is 20.8 Å². The highest BCUT2D eigenvalue weighted by Crippen LogP contribution is 2.38. The maximum Gasteiger partial charge on any atom is 0.234 e. The molecule has 0 radical (unpaired) electrons. The van der Waals surface area contributed by atoms with E-state index in [4.69, 9.17) is 19.0 Å². The summed E-state index contributed by atoms with van der Waals surface area (Å²) in [5.74, 6) is 2.40. The molecular weight excluding hydrogens is 246 g/mol. The largest absolute Gasteiger partial charge is 0.496 e. The minimum atomic E-state index is 0.0376. The summed E-state index contributed by atoms with van der Waals surface area (Å²) in [6.07, 6.45) is 0.465. The monoisotopic (exact) mass is 263 g/mol. The van der Waals surface area contributed by atoms with Crippen LogP contribution in [0.25, 0.3) is 11.5 Å². The van der Waals surface area contributed by atoms with E-state index in [9.17, 15) is 0 Å². The number of aliphatic hydroxyl groups excluding tert-OH is 1. The van der Waals surface area contributed by atoms with Gasteiger partial charge in [0.2, 0.25) is 5.89 Å². The Morgan fingerprint density at radius 2 is 1.84 bits per heavy atom. The van der Waals surface area contributed by atoms with Crippen molar-refractivity contribution in [3.8, 4) is 23.0 Å². The maximum atomic E-state index is 8.99. The molecule has 1 heterocycles. The number of hydrogen-bond acceptors (Lipinski definition) is 5. The summed E-state index contributed by atoms with van der Waals surface area (Å²) in [4.78, 5) is 4.40. The van der Waals surface area contributed by atoms with Gasteiger partial charge in [0, 0.05) is 13.0 Å². The van der Waals surface area contributed by atoms with E-state index >= 15 is 0 Å². The minimum absolute atomic E-state index is 0.0376. The Kier molecular flexibility index (Phi) is 4.06. The summed E-state index contributed by atoms with van der Waals surface area (Å²) in [5, 5.41) is 8.99. The van der Waals surface area contributed by atoms with E-state index < -0.39 is 0 Å². The van der Waals surface area contributed by atoms with Gasteiger partial charge in [-0.3, -0.25) is 0 Å². The first-order valence-corrected chi connectivity index (χ1v) is 5.99. The SMILES string of the molecule is COc1cccc(OC)c1-c1nc(CCO)c(C)o1. The Morgan fingerprint density at radius 3 is 2.37 bits per heavy atom. The van der Waals surface area contributed by atoms with Gasteiger partial charge in [0.05, 0.1) is 19.9 Å². The van der Waals surface area contributed by atoms with Crippen LogP contribution in [0.3, 0.4) is 0 Å². The smallest absolute Gasteiger partial charge is 0.234 e. The first kappa shape index (κ1) is 13.4. The predicted molar refractivity (Wildman–Crippen MR) is 70.6 cm³/mol. The lowest BCUT2D eigenvalue weighted by molar-refractivity contribution is 0.297. The highest BCUT2D eigenvalue weighted by Gasteiger charge is 2.19. The molecular formula is C14H17NO4. The summed E-state index contributed by atoms with van der Waals surface area (Å²) in [5.41, 5.74) is 1.42. The zero-order valence-corrected chi connectivity index (χ0v) is 11.3.